The molecule has 0 saturated carbocycles. The molecule has 5 nitrogen and oxygen atoms in total. The van der Waals surface area contributed by atoms with E-state index in [0.29, 0.717) is 11.3 Å². The van der Waals surface area contributed by atoms with Crippen molar-refractivity contribution in [2.24, 2.45) is 0 Å². The molecule has 11 rings (SSSR count). The minimum absolute atomic E-state index is 0.643. The topological polar surface area (TPSA) is 58.9 Å². The van der Waals surface area contributed by atoms with Gasteiger partial charge < -0.3 is 4.57 Å². The highest BCUT2D eigenvalue weighted by atomic mass is 15.1. The Labute approximate surface area is 310 Å². The summed E-state index contributed by atoms with van der Waals surface area (Å²) in [5, 5.41) is 16.6. The van der Waals surface area contributed by atoms with E-state index in [1.54, 1.807) is 0 Å². The van der Waals surface area contributed by atoms with E-state index in [-0.39, 0.29) is 0 Å². The fourth-order valence-electron chi connectivity index (χ4n) is 8.43. The monoisotopic (exact) mass is 687 g/mol. The number of benzene rings is 8. The van der Waals surface area contributed by atoms with Crippen LogP contribution in [0.2, 0.25) is 0 Å². The van der Waals surface area contributed by atoms with Gasteiger partial charge in [-0.2, -0.15) is 5.26 Å². The molecular formula is C49H29N5. The number of nitrogens with zero attached hydrogens (tertiary/aromatic N) is 5. The SMILES string of the molecule is N#Cc1ccc2c(c1)c1cc(-c3c4ccccc4c(-c4cc(-c5ccccc5)n5c(n4)nc4ccccc45)c4ccccc34)ccc1n2-c1ccccc1. The third-order valence-corrected chi connectivity index (χ3v) is 10.7. The highest BCUT2D eigenvalue weighted by molar-refractivity contribution is 6.22. The normalized spacial score (nSPS) is 11.7. The van der Waals surface area contributed by atoms with E-state index < -0.39 is 0 Å². The van der Waals surface area contributed by atoms with Crippen LogP contribution in [0.4, 0.5) is 0 Å². The summed E-state index contributed by atoms with van der Waals surface area (Å²) in [5.74, 6) is 0.668. The van der Waals surface area contributed by atoms with Crippen molar-refractivity contribution in [2.45, 2.75) is 0 Å². The van der Waals surface area contributed by atoms with Crippen molar-refractivity contribution in [2.75, 3.05) is 0 Å². The number of imidazole rings is 1. The lowest BCUT2D eigenvalue weighted by Crippen LogP contribution is -1.99. The Kier molecular flexibility index (Phi) is 6.55. The second-order valence-corrected chi connectivity index (χ2v) is 13.7. The summed E-state index contributed by atoms with van der Waals surface area (Å²) in [6.07, 6.45) is 0. The molecule has 0 spiro atoms. The quantitative estimate of drug-likeness (QED) is 0.173. The standard InChI is InChI=1S/C49H29N5/c50-30-31-23-25-43-39(27-31)40-28-33(24-26-44(40)53(43)34-15-5-2-6-16-34)47-35-17-7-9-19-37(35)48(38-20-10-8-18-36(38)47)42-29-46(32-13-3-1-4-14-32)54-45-22-12-11-21-41(45)51-49(54)52-42/h1-29H. The van der Waals surface area contributed by atoms with Gasteiger partial charge in [0.25, 0.3) is 0 Å². The number of para-hydroxylation sites is 3. The van der Waals surface area contributed by atoms with Gasteiger partial charge in [-0.05, 0) is 98.9 Å². The number of fused-ring (bicyclic) bond motifs is 8. The van der Waals surface area contributed by atoms with Crippen LogP contribution in [0.15, 0.2) is 176 Å². The Morgan fingerprint density at radius 3 is 1.74 bits per heavy atom. The van der Waals surface area contributed by atoms with Crippen LogP contribution < -0.4 is 0 Å². The second kappa shape index (κ2) is 11.7. The van der Waals surface area contributed by atoms with Crippen molar-refractivity contribution in [3.05, 3.63) is 181 Å². The van der Waals surface area contributed by atoms with Gasteiger partial charge in [0.2, 0.25) is 5.78 Å². The number of aromatic nitrogens is 4. The molecule has 0 bridgehead atoms. The van der Waals surface area contributed by atoms with Gasteiger partial charge in [-0.15, -0.1) is 0 Å². The summed E-state index contributed by atoms with van der Waals surface area (Å²) in [4.78, 5) is 10.3. The highest BCUT2D eigenvalue weighted by Crippen LogP contribution is 2.45. The lowest BCUT2D eigenvalue weighted by atomic mass is 9.86. The molecule has 3 aromatic heterocycles. The van der Waals surface area contributed by atoms with Gasteiger partial charge in [0, 0.05) is 22.0 Å². The Hall–Kier alpha value is -7.55. The van der Waals surface area contributed by atoms with Crippen LogP contribution in [0.5, 0.6) is 0 Å². The molecule has 0 amide bonds. The maximum atomic E-state index is 9.89. The minimum atomic E-state index is 0.643. The molecule has 0 aliphatic carbocycles. The molecule has 0 fully saturated rings. The van der Waals surface area contributed by atoms with E-state index >= 15 is 0 Å². The average Bonchev–Trinajstić information content (AvgIpc) is 3.78. The molecule has 0 unspecified atom stereocenters. The van der Waals surface area contributed by atoms with Crippen LogP contribution in [0.25, 0.3) is 99.5 Å². The first-order valence-corrected chi connectivity index (χ1v) is 18.1. The summed E-state index contributed by atoms with van der Waals surface area (Å²) in [7, 11) is 0. The van der Waals surface area contributed by atoms with Crippen molar-refractivity contribution in [3.8, 4) is 45.4 Å². The molecule has 0 aliphatic heterocycles. The third-order valence-electron chi connectivity index (χ3n) is 10.7. The largest absolute Gasteiger partial charge is 0.309 e. The molecule has 0 atom stereocenters. The van der Waals surface area contributed by atoms with Crippen LogP contribution in [0.1, 0.15) is 5.56 Å². The fourth-order valence-corrected chi connectivity index (χ4v) is 8.43. The third kappa shape index (κ3) is 4.44. The summed E-state index contributed by atoms with van der Waals surface area (Å²) in [5.41, 5.74) is 12.2. The predicted molar refractivity (Wildman–Crippen MR) is 221 cm³/mol. The molecule has 8 aromatic carbocycles. The van der Waals surface area contributed by atoms with Gasteiger partial charge in [0.15, 0.2) is 0 Å². The fraction of sp³-hybridized carbons (Fsp3) is 0. The molecule has 0 radical (unpaired) electrons. The van der Waals surface area contributed by atoms with E-state index in [4.69, 9.17) is 9.97 Å². The van der Waals surface area contributed by atoms with Crippen LogP contribution in [-0.4, -0.2) is 18.9 Å². The van der Waals surface area contributed by atoms with Gasteiger partial charge in [-0.25, -0.2) is 9.97 Å². The maximum absolute atomic E-state index is 9.89. The smallest absolute Gasteiger partial charge is 0.235 e. The van der Waals surface area contributed by atoms with Crippen molar-refractivity contribution >= 4 is 60.2 Å². The Morgan fingerprint density at radius 2 is 1.04 bits per heavy atom. The Bertz CT molecular complexity index is 3270. The summed E-state index contributed by atoms with van der Waals surface area (Å²) in [6.45, 7) is 0. The van der Waals surface area contributed by atoms with E-state index in [1.807, 2.05) is 36.4 Å². The van der Waals surface area contributed by atoms with Gasteiger partial charge in [0.1, 0.15) is 0 Å². The highest BCUT2D eigenvalue weighted by Gasteiger charge is 2.22. The Balaban J connectivity index is 1.22. The molecular weight excluding hydrogens is 659 g/mol. The molecule has 54 heavy (non-hydrogen) atoms. The predicted octanol–water partition coefficient (Wildman–Crippen LogP) is 12.2. The molecule has 11 aromatic rings. The van der Waals surface area contributed by atoms with Gasteiger partial charge in [0.05, 0.1) is 45.1 Å². The minimum Gasteiger partial charge on any atom is -0.309 e. The Morgan fingerprint density at radius 1 is 0.444 bits per heavy atom. The van der Waals surface area contributed by atoms with Crippen LogP contribution in [-0.2, 0) is 0 Å². The first-order valence-electron chi connectivity index (χ1n) is 18.1. The molecule has 0 saturated heterocycles. The molecule has 5 heteroatoms. The number of rotatable bonds is 4. The zero-order valence-corrected chi connectivity index (χ0v) is 29.0. The van der Waals surface area contributed by atoms with E-state index in [2.05, 4.69) is 155 Å². The van der Waals surface area contributed by atoms with Gasteiger partial charge >= 0.3 is 0 Å². The van der Waals surface area contributed by atoms with Crippen LogP contribution >= 0.6 is 0 Å². The molecule has 0 N–H and O–H groups in total. The van der Waals surface area contributed by atoms with Gasteiger partial charge in [-0.3, -0.25) is 4.40 Å². The number of hydrogen-bond donors (Lipinski definition) is 0. The first-order chi connectivity index (χ1) is 26.7. The van der Waals surface area contributed by atoms with Crippen molar-refractivity contribution in [1.82, 2.24) is 18.9 Å². The molecule has 3 heterocycles. The average molecular weight is 688 g/mol. The lowest BCUT2D eigenvalue weighted by Gasteiger charge is -2.18. The molecule has 250 valence electrons. The zero-order chi connectivity index (χ0) is 35.8. The number of nitriles is 1. The van der Waals surface area contributed by atoms with Crippen molar-refractivity contribution in [3.63, 3.8) is 0 Å². The van der Waals surface area contributed by atoms with Crippen molar-refractivity contribution in [1.29, 1.82) is 5.26 Å². The van der Waals surface area contributed by atoms with Gasteiger partial charge in [-0.1, -0.05) is 115 Å². The second-order valence-electron chi connectivity index (χ2n) is 13.7. The summed E-state index contributed by atoms with van der Waals surface area (Å²) < 4.78 is 4.46. The van der Waals surface area contributed by atoms with Crippen LogP contribution in [0, 0.1) is 11.3 Å². The maximum Gasteiger partial charge on any atom is 0.235 e. The van der Waals surface area contributed by atoms with E-state index in [9.17, 15) is 5.26 Å². The summed E-state index contributed by atoms with van der Waals surface area (Å²) >= 11 is 0. The molecule has 0 aliphatic rings. The zero-order valence-electron chi connectivity index (χ0n) is 29.0. The number of hydrogen-bond acceptors (Lipinski definition) is 3. The van der Waals surface area contributed by atoms with E-state index in [0.717, 1.165) is 88.1 Å². The van der Waals surface area contributed by atoms with Crippen LogP contribution in [0.3, 0.4) is 0 Å². The van der Waals surface area contributed by atoms with Crippen molar-refractivity contribution < 1.29 is 0 Å². The summed E-state index contributed by atoms with van der Waals surface area (Å²) in [6, 6.07) is 63.9. The van der Waals surface area contributed by atoms with E-state index in [1.165, 1.54) is 5.56 Å². The first kappa shape index (κ1) is 30.1. The lowest BCUT2D eigenvalue weighted by molar-refractivity contribution is 1.15.